The second-order valence-corrected chi connectivity index (χ2v) is 11.3. The second-order valence-electron chi connectivity index (χ2n) is 11.3. The molecule has 42 heavy (non-hydrogen) atoms. The van der Waals surface area contributed by atoms with Gasteiger partial charge in [0, 0.05) is 60.2 Å². The lowest BCUT2D eigenvalue weighted by atomic mass is 10.1. The molecule has 2 amide bonds. The molecule has 5 rings (SSSR count). The number of rotatable bonds is 8. The minimum absolute atomic E-state index is 0.0218. The van der Waals surface area contributed by atoms with Crippen LogP contribution in [0.25, 0.3) is 10.9 Å². The number of aryl methyl sites for hydroxylation is 1. The topological polar surface area (TPSA) is 96.0 Å². The van der Waals surface area contributed by atoms with Crippen LogP contribution >= 0.6 is 0 Å². The molecular weight excluding hydrogens is 551 g/mol. The first-order valence-electron chi connectivity index (χ1n) is 13.7. The molecule has 2 aromatic carbocycles. The summed E-state index contributed by atoms with van der Waals surface area (Å²) in [6.45, 7) is 6.79. The van der Waals surface area contributed by atoms with E-state index in [4.69, 9.17) is 9.47 Å². The first-order chi connectivity index (χ1) is 19.8. The van der Waals surface area contributed by atoms with E-state index in [-0.39, 0.29) is 36.2 Å². The highest BCUT2D eigenvalue weighted by molar-refractivity contribution is 5.93. The number of amides is 2. The first-order valence-corrected chi connectivity index (χ1v) is 13.7. The molecule has 0 aliphatic carbocycles. The Kier molecular flexibility index (Phi) is 7.93. The van der Waals surface area contributed by atoms with Crippen LogP contribution in [0.2, 0.25) is 0 Å². The molecule has 0 saturated carbocycles. The number of para-hydroxylation sites is 1. The summed E-state index contributed by atoms with van der Waals surface area (Å²) in [7, 11) is 1.27. The Hall–Kier alpha value is -4.06. The molecular formula is C30H34F3N5O4. The number of carbonyl (C=O) groups excluding carboxylic acids is 2. The lowest BCUT2D eigenvalue weighted by Crippen LogP contribution is -2.58. The van der Waals surface area contributed by atoms with Crippen LogP contribution in [0, 0.1) is 6.92 Å². The van der Waals surface area contributed by atoms with Crippen LogP contribution in [0.3, 0.4) is 0 Å². The van der Waals surface area contributed by atoms with Crippen LogP contribution in [-0.4, -0.2) is 77.8 Å². The van der Waals surface area contributed by atoms with Crippen molar-refractivity contribution in [1.29, 1.82) is 0 Å². The second kappa shape index (κ2) is 11.3. The summed E-state index contributed by atoms with van der Waals surface area (Å²) in [5.74, 6) is -0.422. The van der Waals surface area contributed by atoms with Gasteiger partial charge in [0.2, 0.25) is 0 Å². The number of alkyl halides is 3. The summed E-state index contributed by atoms with van der Waals surface area (Å²) < 4.78 is 51.9. The normalized spacial score (nSPS) is 18.8. The highest BCUT2D eigenvalue weighted by Crippen LogP contribution is 2.36. The van der Waals surface area contributed by atoms with Crippen molar-refractivity contribution in [2.75, 3.05) is 38.7 Å². The van der Waals surface area contributed by atoms with Gasteiger partial charge in [-0.15, -0.1) is 0 Å². The molecule has 2 saturated heterocycles. The molecule has 2 atom stereocenters. The average molecular weight is 586 g/mol. The molecule has 0 radical (unpaired) electrons. The Labute approximate surface area is 242 Å². The predicted molar refractivity (Wildman–Crippen MR) is 152 cm³/mol. The Morgan fingerprint density at radius 1 is 1.07 bits per heavy atom. The molecule has 2 aliphatic rings. The van der Waals surface area contributed by atoms with Gasteiger partial charge in [0.05, 0.1) is 18.2 Å². The molecule has 1 aromatic heterocycles. The van der Waals surface area contributed by atoms with E-state index >= 15 is 0 Å². The van der Waals surface area contributed by atoms with E-state index < -0.39 is 23.2 Å². The zero-order valence-corrected chi connectivity index (χ0v) is 23.9. The fourth-order valence-electron chi connectivity index (χ4n) is 5.68. The summed E-state index contributed by atoms with van der Waals surface area (Å²) in [4.78, 5) is 33.1. The molecule has 2 bridgehead atoms. The third kappa shape index (κ3) is 6.23. The van der Waals surface area contributed by atoms with E-state index in [1.807, 2.05) is 31.2 Å². The standard InChI is InChI=1S/C30H34F3N5O4/c1-18-11-26(24-7-5-6-8-25(24)34-18)35-20-12-19(30(31,32)33)13-23(14-20)42-10-9-37-16-22-15-21(37)17-38(22)28(40)36-29(2,3)27(39)41-4/h5-8,11-14,21-22H,9-10,15-17H2,1-4H3,(H,34,35)(H,36,40). The van der Waals surface area contributed by atoms with Crippen molar-refractivity contribution in [2.24, 2.45) is 0 Å². The van der Waals surface area contributed by atoms with Crippen molar-refractivity contribution < 1.29 is 32.2 Å². The molecule has 12 heteroatoms. The number of nitrogens with one attached hydrogen (secondary N) is 2. The Morgan fingerprint density at radius 3 is 2.52 bits per heavy atom. The number of benzene rings is 2. The van der Waals surface area contributed by atoms with Gasteiger partial charge in [0.15, 0.2) is 0 Å². The summed E-state index contributed by atoms with van der Waals surface area (Å²) in [5, 5.41) is 6.66. The predicted octanol–water partition coefficient (Wildman–Crippen LogP) is 5.10. The number of hydrogen-bond donors (Lipinski definition) is 2. The number of halogens is 3. The van der Waals surface area contributed by atoms with Gasteiger partial charge < -0.3 is 25.0 Å². The van der Waals surface area contributed by atoms with Crippen LogP contribution in [0.4, 0.5) is 29.3 Å². The van der Waals surface area contributed by atoms with Crippen LogP contribution in [0.1, 0.15) is 31.5 Å². The number of likely N-dealkylation sites (tertiary alicyclic amines) is 2. The number of urea groups is 1. The highest BCUT2D eigenvalue weighted by Gasteiger charge is 2.46. The van der Waals surface area contributed by atoms with Crippen molar-refractivity contribution in [3.8, 4) is 5.75 Å². The Bertz CT molecular complexity index is 1500. The minimum Gasteiger partial charge on any atom is -0.492 e. The van der Waals surface area contributed by atoms with Gasteiger partial charge >= 0.3 is 18.2 Å². The van der Waals surface area contributed by atoms with Crippen molar-refractivity contribution in [1.82, 2.24) is 20.1 Å². The number of esters is 1. The van der Waals surface area contributed by atoms with Gasteiger partial charge in [-0.3, -0.25) is 9.88 Å². The number of hydrogen-bond acceptors (Lipinski definition) is 7. The van der Waals surface area contributed by atoms with E-state index in [1.165, 1.54) is 7.11 Å². The van der Waals surface area contributed by atoms with Gasteiger partial charge in [-0.1, -0.05) is 18.2 Å². The number of piperazine rings is 1. The van der Waals surface area contributed by atoms with Crippen LogP contribution in [0.5, 0.6) is 5.75 Å². The summed E-state index contributed by atoms with van der Waals surface area (Å²) in [6, 6.07) is 12.6. The van der Waals surface area contributed by atoms with Gasteiger partial charge in [-0.25, -0.2) is 9.59 Å². The smallest absolute Gasteiger partial charge is 0.416 e. The van der Waals surface area contributed by atoms with E-state index in [1.54, 1.807) is 30.9 Å². The molecule has 2 unspecified atom stereocenters. The van der Waals surface area contributed by atoms with Crippen LogP contribution in [-0.2, 0) is 15.7 Å². The van der Waals surface area contributed by atoms with Gasteiger partial charge in [0.25, 0.3) is 0 Å². The number of anilines is 2. The highest BCUT2D eigenvalue weighted by atomic mass is 19.4. The van der Waals surface area contributed by atoms with E-state index in [0.717, 1.165) is 35.2 Å². The van der Waals surface area contributed by atoms with Crippen LogP contribution in [0.15, 0.2) is 48.5 Å². The van der Waals surface area contributed by atoms with Crippen molar-refractivity contribution in [3.63, 3.8) is 0 Å². The number of pyridine rings is 1. The third-order valence-corrected chi connectivity index (χ3v) is 7.73. The molecule has 0 spiro atoms. The summed E-state index contributed by atoms with van der Waals surface area (Å²) in [6.07, 6.45) is -3.77. The molecule has 2 N–H and O–H groups in total. The number of carbonyl (C=O) groups is 2. The lowest BCUT2D eigenvalue weighted by molar-refractivity contribution is -0.146. The van der Waals surface area contributed by atoms with Gasteiger partial charge in [-0.05, 0) is 51.5 Å². The Balaban J connectivity index is 1.22. The Morgan fingerprint density at radius 2 is 1.83 bits per heavy atom. The molecule has 9 nitrogen and oxygen atoms in total. The number of aromatic nitrogens is 1. The summed E-state index contributed by atoms with van der Waals surface area (Å²) in [5.41, 5.74) is 0.430. The third-order valence-electron chi connectivity index (χ3n) is 7.73. The minimum atomic E-state index is -4.55. The van der Waals surface area contributed by atoms with E-state index in [9.17, 15) is 22.8 Å². The van der Waals surface area contributed by atoms with Crippen molar-refractivity contribution in [2.45, 2.75) is 51.0 Å². The molecule has 2 aliphatic heterocycles. The number of fused-ring (bicyclic) bond motifs is 3. The first kappa shape index (κ1) is 29.4. The lowest BCUT2D eigenvalue weighted by Gasteiger charge is -2.35. The van der Waals surface area contributed by atoms with Crippen molar-refractivity contribution in [3.05, 3.63) is 59.8 Å². The van der Waals surface area contributed by atoms with E-state index in [2.05, 4.69) is 20.5 Å². The fourth-order valence-corrected chi connectivity index (χ4v) is 5.68. The molecule has 3 aromatic rings. The zero-order chi connectivity index (χ0) is 30.2. The zero-order valence-electron chi connectivity index (χ0n) is 23.9. The average Bonchev–Trinajstić information content (AvgIpc) is 3.53. The fraction of sp³-hybridized carbons (Fsp3) is 0.433. The van der Waals surface area contributed by atoms with Gasteiger partial charge in [-0.2, -0.15) is 13.2 Å². The largest absolute Gasteiger partial charge is 0.492 e. The van der Waals surface area contributed by atoms with Crippen molar-refractivity contribution >= 4 is 34.3 Å². The van der Waals surface area contributed by atoms with Gasteiger partial charge in [0.1, 0.15) is 17.9 Å². The monoisotopic (exact) mass is 585 g/mol. The number of nitrogens with zero attached hydrogens (tertiary/aromatic N) is 3. The maximum Gasteiger partial charge on any atom is 0.416 e. The van der Waals surface area contributed by atoms with Crippen LogP contribution < -0.4 is 15.4 Å². The molecule has 3 heterocycles. The summed E-state index contributed by atoms with van der Waals surface area (Å²) >= 11 is 0. The van der Waals surface area contributed by atoms with E-state index in [0.29, 0.717) is 25.3 Å². The quantitative estimate of drug-likeness (QED) is 0.355. The SMILES string of the molecule is COC(=O)C(C)(C)NC(=O)N1CC2CC1CN2CCOc1cc(Nc2cc(C)nc3ccccc23)cc(C(F)(F)F)c1. The molecule has 2 fully saturated rings. The number of ether oxygens (including phenoxy) is 2. The maximum absolute atomic E-state index is 13.8. The molecule has 224 valence electrons. The number of methoxy groups -OCH3 is 1. The maximum atomic E-state index is 13.8.